The Hall–Kier alpha value is -1.48. The second-order valence-corrected chi connectivity index (χ2v) is 3.75. The molecule has 78 valence electrons. The minimum atomic E-state index is 0.926. The number of unbranched alkanes of at least 4 members (excludes halogenated alkanes) is 2. The van der Waals surface area contributed by atoms with Gasteiger partial charge in [0.05, 0.1) is 0 Å². The predicted molar refractivity (Wildman–Crippen MR) is 67.5 cm³/mol. The highest BCUT2D eigenvalue weighted by Crippen LogP contribution is 2.12. The number of hydrogen-bond acceptors (Lipinski definition) is 0. The Kier molecular flexibility index (Phi) is 4.71. The molecule has 1 aromatic carbocycles. The maximum Gasteiger partial charge on any atom is 0.0245 e. The molecule has 0 nitrogen and oxygen atoms in total. The normalized spacial score (nSPS) is 9.20. The van der Waals surface area contributed by atoms with Gasteiger partial charge in [0.2, 0.25) is 0 Å². The molecule has 0 aromatic heterocycles. The van der Waals surface area contributed by atoms with Crippen LogP contribution in [-0.2, 0) is 0 Å². The summed E-state index contributed by atoms with van der Waals surface area (Å²) >= 11 is 0. The van der Waals surface area contributed by atoms with Crippen molar-refractivity contribution in [1.82, 2.24) is 0 Å². The Labute approximate surface area is 93.0 Å². The highest BCUT2D eigenvalue weighted by atomic mass is 14.0. The third kappa shape index (κ3) is 4.04. The van der Waals surface area contributed by atoms with Crippen molar-refractivity contribution in [2.75, 3.05) is 0 Å². The number of aryl methyl sites for hydroxylation is 1. The van der Waals surface area contributed by atoms with Crippen LogP contribution in [0.2, 0.25) is 0 Å². The SMILES string of the molecule is C=C(C#CCCCC)c1cccc(C)c1. The molecule has 0 N–H and O–H groups in total. The van der Waals surface area contributed by atoms with Crippen molar-refractivity contribution in [2.24, 2.45) is 0 Å². The first-order chi connectivity index (χ1) is 7.24. The first-order valence-corrected chi connectivity index (χ1v) is 5.49. The van der Waals surface area contributed by atoms with Gasteiger partial charge in [0, 0.05) is 12.0 Å². The molecule has 0 amide bonds. The molecule has 0 saturated heterocycles. The fourth-order valence-corrected chi connectivity index (χ4v) is 1.34. The second kappa shape index (κ2) is 6.09. The lowest BCUT2D eigenvalue weighted by molar-refractivity contribution is 0.828. The van der Waals surface area contributed by atoms with Gasteiger partial charge in [-0.15, -0.1) is 0 Å². The lowest BCUT2D eigenvalue weighted by atomic mass is 10.1. The van der Waals surface area contributed by atoms with E-state index in [4.69, 9.17) is 0 Å². The fourth-order valence-electron chi connectivity index (χ4n) is 1.34. The molecule has 0 unspecified atom stereocenters. The van der Waals surface area contributed by atoms with Gasteiger partial charge in [-0.2, -0.15) is 0 Å². The van der Waals surface area contributed by atoms with Crippen LogP contribution >= 0.6 is 0 Å². The predicted octanol–water partition coefficient (Wildman–Crippen LogP) is 4.20. The van der Waals surface area contributed by atoms with Gasteiger partial charge in [-0.25, -0.2) is 0 Å². The summed E-state index contributed by atoms with van der Waals surface area (Å²) in [5.41, 5.74) is 3.32. The molecular weight excluding hydrogens is 180 g/mol. The Morgan fingerprint density at radius 2 is 2.20 bits per heavy atom. The van der Waals surface area contributed by atoms with Crippen LogP contribution in [0.5, 0.6) is 0 Å². The van der Waals surface area contributed by atoms with Crippen LogP contribution in [0.1, 0.15) is 37.3 Å². The number of rotatable bonds is 3. The topological polar surface area (TPSA) is 0 Å². The van der Waals surface area contributed by atoms with Gasteiger partial charge in [0.15, 0.2) is 0 Å². The van der Waals surface area contributed by atoms with Crippen molar-refractivity contribution in [1.29, 1.82) is 0 Å². The van der Waals surface area contributed by atoms with Crippen LogP contribution < -0.4 is 0 Å². The van der Waals surface area contributed by atoms with Gasteiger partial charge in [-0.3, -0.25) is 0 Å². The molecule has 15 heavy (non-hydrogen) atoms. The molecule has 1 rings (SSSR count). The van der Waals surface area contributed by atoms with E-state index in [1.165, 1.54) is 18.4 Å². The van der Waals surface area contributed by atoms with E-state index in [1.807, 2.05) is 6.07 Å². The maximum atomic E-state index is 3.99. The minimum Gasteiger partial charge on any atom is -0.0979 e. The van der Waals surface area contributed by atoms with E-state index in [1.54, 1.807) is 0 Å². The van der Waals surface area contributed by atoms with Gasteiger partial charge >= 0.3 is 0 Å². The van der Waals surface area contributed by atoms with Gasteiger partial charge in [0.25, 0.3) is 0 Å². The summed E-state index contributed by atoms with van der Waals surface area (Å²) in [5, 5.41) is 0. The number of hydrogen-bond donors (Lipinski definition) is 0. The van der Waals surface area contributed by atoms with Crippen molar-refractivity contribution in [3.8, 4) is 11.8 Å². The van der Waals surface area contributed by atoms with Gasteiger partial charge in [0.1, 0.15) is 0 Å². The summed E-state index contributed by atoms with van der Waals surface area (Å²) in [6.07, 6.45) is 3.35. The van der Waals surface area contributed by atoms with Crippen LogP contribution in [0.15, 0.2) is 30.8 Å². The summed E-state index contributed by atoms with van der Waals surface area (Å²) in [7, 11) is 0. The van der Waals surface area contributed by atoms with E-state index in [9.17, 15) is 0 Å². The molecule has 1 aromatic rings. The van der Waals surface area contributed by atoms with Crippen LogP contribution in [0.3, 0.4) is 0 Å². The molecule has 0 aliphatic rings. The van der Waals surface area contributed by atoms with Crippen molar-refractivity contribution in [3.05, 3.63) is 42.0 Å². The first-order valence-electron chi connectivity index (χ1n) is 5.49. The average molecular weight is 198 g/mol. The molecule has 0 aliphatic carbocycles. The monoisotopic (exact) mass is 198 g/mol. The molecule has 0 fully saturated rings. The van der Waals surface area contributed by atoms with Crippen molar-refractivity contribution in [2.45, 2.75) is 33.1 Å². The van der Waals surface area contributed by atoms with E-state index >= 15 is 0 Å². The molecule has 0 saturated carbocycles. The molecule has 0 aliphatic heterocycles. The zero-order valence-electron chi connectivity index (χ0n) is 9.64. The van der Waals surface area contributed by atoms with Crippen molar-refractivity contribution < 1.29 is 0 Å². The standard InChI is InChI=1S/C15H18/c1-4-5-6-7-10-14(3)15-11-8-9-13(2)12-15/h8-9,11-12H,3-6H2,1-2H3. The summed E-state index contributed by atoms with van der Waals surface area (Å²) in [4.78, 5) is 0. The molecule has 0 heterocycles. The Morgan fingerprint density at radius 3 is 2.87 bits per heavy atom. The van der Waals surface area contributed by atoms with Crippen LogP contribution in [-0.4, -0.2) is 0 Å². The quantitative estimate of drug-likeness (QED) is 0.504. The smallest absolute Gasteiger partial charge is 0.0245 e. The van der Waals surface area contributed by atoms with E-state index in [2.05, 4.69) is 50.5 Å². The second-order valence-electron chi connectivity index (χ2n) is 3.75. The lowest BCUT2D eigenvalue weighted by Gasteiger charge is -1.99. The van der Waals surface area contributed by atoms with E-state index in [0.717, 1.165) is 17.6 Å². The van der Waals surface area contributed by atoms with Crippen LogP contribution in [0.4, 0.5) is 0 Å². The highest BCUT2D eigenvalue weighted by Gasteiger charge is 1.94. The van der Waals surface area contributed by atoms with Crippen LogP contribution in [0, 0.1) is 18.8 Å². The van der Waals surface area contributed by atoms with Gasteiger partial charge in [-0.05, 0) is 18.9 Å². The maximum absolute atomic E-state index is 3.99. The zero-order valence-corrected chi connectivity index (χ0v) is 9.64. The van der Waals surface area contributed by atoms with Crippen LogP contribution in [0.25, 0.3) is 5.57 Å². The van der Waals surface area contributed by atoms with E-state index in [-0.39, 0.29) is 0 Å². The molecule has 0 bridgehead atoms. The molecular formula is C15H18. The van der Waals surface area contributed by atoms with Gasteiger partial charge in [-0.1, -0.05) is 61.6 Å². The summed E-state index contributed by atoms with van der Waals surface area (Å²) < 4.78 is 0. The van der Waals surface area contributed by atoms with Crippen molar-refractivity contribution in [3.63, 3.8) is 0 Å². The molecule has 0 heteroatoms. The Balaban J connectivity index is 2.63. The van der Waals surface area contributed by atoms with Gasteiger partial charge < -0.3 is 0 Å². The average Bonchev–Trinajstić information content (AvgIpc) is 2.24. The highest BCUT2D eigenvalue weighted by molar-refractivity contribution is 5.77. The number of benzene rings is 1. The third-order valence-corrected chi connectivity index (χ3v) is 2.26. The fraction of sp³-hybridized carbons (Fsp3) is 0.333. The third-order valence-electron chi connectivity index (χ3n) is 2.26. The Morgan fingerprint density at radius 1 is 1.40 bits per heavy atom. The van der Waals surface area contributed by atoms with E-state index in [0.29, 0.717) is 0 Å². The summed E-state index contributed by atoms with van der Waals surface area (Å²) in [6, 6.07) is 8.31. The molecule has 0 spiro atoms. The first kappa shape index (κ1) is 11.6. The number of allylic oxidation sites excluding steroid dienone is 1. The zero-order chi connectivity index (χ0) is 11.1. The lowest BCUT2D eigenvalue weighted by Crippen LogP contribution is -1.80. The molecule has 0 radical (unpaired) electrons. The largest absolute Gasteiger partial charge is 0.0979 e. The van der Waals surface area contributed by atoms with Crippen molar-refractivity contribution >= 4 is 5.57 Å². The van der Waals surface area contributed by atoms with E-state index < -0.39 is 0 Å². The summed E-state index contributed by atoms with van der Waals surface area (Å²) in [6.45, 7) is 8.25. The minimum absolute atomic E-state index is 0.926. The molecule has 0 atom stereocenters. The Bertz CT molecular complexity index is 388. The summed E-state index contributed by atoms with van der Waals surface area (Å²) in [5.74, 6) is 6.27.